The minimum atomic E-state index is -0.461. The first kappa shape index (κ1) is 11.7. The van der Waals surface area contributed by atoms with E-state index in [0.29, 0.717) is 5.69 Å². The van der Waals surface area contributed by atoms with Crippen molar-refractivity contribution in [2.45, 2.75) is 13.5 Å². The normalized spacial score (nSPS) is 10.5. The Hall–Kier alpha value is -1.81. The largest absolute Gasteiger partial charge is 0.328 e. The Balaban J connectivity index is 2.51. The van der Waals surface area contributed by atoms with Gasteiger partial charge in [0.1, 0.15) is 5.02 Å². The lowest BCUT2D eigenvalue weighted by Gasteiger charge is -2.06. The lowest BCUT2D eigenvalue weighted by Crippen LogP contribution is -2.36. The molecule has 0 unspecified atom stereocenters. The van der Waals surface area contributed by atoms with Crippen molar-refractivity contribution in [3.05, 3.63) is 67.4 Å². The lowest BCUT2D eigenvalue weighted by molar-refractivity contribution is 0.693. The number of benzene rings is 1. The van der Waals surface area contributed by atoms with Crippen LogP contribution in [0.5, 0.6) is 0 Å². The number of rotatable bonds is 2. The fraction of sp³-hybridized carbons (Fsp3) is 0.167. The van der Waals surface area contributed by atoms with Gasteiger partial charge in [-0.3, -0.25) is 9.36 Å². The van der Waals surface area contributed by atoms with Crippen LogP contribution in [0.2, 0.25) is 5.02 Å². The van der Waals surface area contributed by atoms with Crippen LogP contribution in [0, 0.1) is 6.92 Å². The molecule has 88 valence electrons. The molecule has 1 aromatic carbocycles. The summed E-state index contributed by atoms with van der Waals surface area (Å²) < 4.78 is 1.09. The van der Waals surface area contributed by atoms with Crippen molar-refractivity contribution in [2.24, 2.45) is 0 Å². The molecule has 2 aromatic rings. The number of nitrogens with zero attached hydrogens (tertiary/aromatic N) is 1. The van der Waals surface area contributed by atoms with Crippen molar-refractivity contribution in [3.8, 4) is 0 Å². The van der Waals surface area contributed by atoms with Gasteiger partial charge in [0, 0.05) is 5.69 Å². The molecule has 0 spiro atoms. The summed E-state index contributed by atoms with van der Waals surface area (Å²) in [6.07, 6.45) is 0. The van der Waals surface area contributed by atoms with Gasteiger partial charge in [-0.25, -0.2) is 4.79 Å². The van der Waals surface area contributed by atoms with E-state index < -0.39 is 11.2 Å². The molecule has 0 aliphatic heterocycles. The molecule has 0 aliphatic rings. The Bertz CT molecular complexity index is 644. The van der Waals surface area contributed by atoms with Crippen LogP contribution in [-0.2, 0) is 6.54 Å². The van der Waals surface area contributed by atoms with Crippen molar-refractivity contribution in [3.63, 3.8) is 0 Å². The molecule has 0 fully saturated rings. The number of halogens is 1. The van der Waals surface area contributed by atoms with E-state index in [4.69, 9.17) is 11.6 Å². The molecule has 0 aliphatic carbocycles. The van der Waals surface area contributed by atoms with E-state index in [1.807, 2.05) is 30.3 Å². The summed E-state index contributed by atoms with van der Waals surface area (Å²) in [5.74, 6) is 0. The zero-order valence-corrected chi connectivity index (χ0v) is 9.99. The lowest BCUT2D eigenvalue weighted by atomic mass is 10.2. The first-order valence-electron chi connectivity index (χ1n) is 5.12. The number of H-pyrrole nitrogens is 1. The number of aromatic amines is 1. The Labute approximate surface area is 102 Å². The number of nitrogens with one attached hydrogen (secondary N) is 1. The van der Waals surface area contributed by atoms with Crippen LogP contribution in [0.3, 0.4) is 0 Å². The Morgan fingerprint density at radius 1 is 1.24 bits per heavy atom. The standard InChI is InChI=1S/C12H11ClN2O2/c1-8-10(13)11(16)15(12(17)14-8)7-9-5-3-2-4-6-9/h2-6H,7H2,1H3,(H,14,17). The highest BCUT2D eigenvalue weighted by atomic mass is 35.5. The second-order valence-electron chi connectivity index (χ2n) is 3.75. The minimum absolute atomic E-state index is 0.0560. The van der Waals surface area contributed by atoms with Gasteiger partial charge in [-0.2, -0.15) is 0 Å². The number of aryl methyl sites for hydroxylation is 1. The van der Waals surface area contributed by atoms with E-state index in [-0.39, 0.29) is 11.6 Å². The Morgan fingerprint density at radius 2 is 1.88 bits per heavy atom. The summed E-state index contributed by atoms with van der Waals surface area (Å²) in [4.78, 5) is 26.0. The molecule has 17 heavy (non-hydrogen) atoms. The van der Waals surface area contributed by atoms with Crippen molar-refractivity contribution in [1.82, 2.24) is 9.55 Å². The van der Waals surface area contributed by atoms with Gasteiger partial charge in [0.05, 0.1) is 6.54 Å². The molecule has 1 heterocycles. The highest BCUT2D eigenvalue weighted by Gasteiger charge is 2.09. The van der Waals surface area contributed by atoms with Gasteiger partial charge < -0.3 is 4.98 Å². The molecule has 0 saturated carbocycles. The fourth-order valence-electron chi connectivity index (χ4n) is 1.56. The van der Waals surface area contributed by atoms with E-state index in [0.717, 1.165) is 10.1 Å². The minimum Gasteiger partial charge on any atom is -0.310 e. The van der Waals surface area contributed by atoms with E-state index in [1.54, 1.807) is 6.92 Å². The van der Waals surface area contributed by atoms with E-state index in [1.165, 1.54) is 0 Å². The SMILES string of the molecule is Cc1[nH]c(=O)n(Cc2ccccc2)c(=O)c1Cl. The van der Waals surface area contributed by atoms with Gasteiger partial charge in [-0.15, -0.1) is 0 Å². The fourth-order valence-corrected chi connectivity index (χ4v) is 1.71. The quantitative estimate of drug-likeness (QED) is 0.879. The summed E-state index contributed by atoms with van der Waals surface area (Å²) >= 11 is 5.82. The van der Waals surface area contributed by atoms with Crippen LogP contribution >= 0.6 is 11.6 Å². The van der Waals surface area contributed by atoms with Gasteiger partial charge in [-0.1, -0.05) is 41.9 Å². The van der Waals surface area contributed by atoms with Gasteiger partial charge in [-0.05, 0) is 12.5 Å². The van der Waals surface area contributed by atoms with Gasteiger partial charge >= 0.3 is 5.69 Å². The zero-order valence-electron chi connectivity index (χ0n) is 9.24. The first-order valence-corrected chi connectivity index (χ1v) is 5.50. The van der Waals surface area contributed by atoms with Gasteiger partial charge in [0.2, 0.25) is 0 Å². The number of aromatic nitrogens is 2. The van der Waals surface area contributed by atoms with Gasteiger partial charge in [0.15, 0.2) is 0 Å². The maximum Gasteiger partial charge on any atom is 0.328 e. The molecule has 0 radical (unpaired) electrons. The van der Waals surface area contributed by atoms with Crippen molar-refractivity contribution >= 4 is 11.6 Å². The monoisotopic (exact) mass is 250 g/mol. The molecule has 1 N–H and O–H groups in total. The molecular weight excluding hydrogens is 240 g/mol. The molecular formula is C12H11ClN2O2. The molecule has 2 rings (SSSR count). The smallest absolute Gasteiger partial charge is 0.310 e. The summed E-state index contributed by atoms with van der Waals surface area (Å²) in [6.45, 7) is 1.81. The van der Waals surface area contributed by atoms with E-state index in [9.17, 15) is 9.59 Å². The first-order chi connectivity index (χ1) is 8.09. The van der Waals surface area contributed by atoms with Crippen LogP contribution in [0.4, 0.5) is 0 Å². The molecule has 1 aromatic heterocycles. The zero-order chi connectivity index (χ0) is 12.4. The molecule has 4 nitrogen and oxygen atoms in total. The van der Waals surface area contributed by atoms with Crippen LogP contribution in [0.1, 0.15) is 11.3 Å². The van der Waals surface area contributed by atoms with Crippen molar-refractivity contribution in [2.75, 3.05) is 0 Å². The maximum absolute atomic E-state index is 11.8. The van der Waals surface area contributed by atoms with Crippen molar-refractivity contribution in [1.29, 1.82) is 0 Å². The molecule has 5 heteroatoms. The van der Waals surface area contributed by atoms with Crippen LogP contribution in [0.25, 0.3) is 0 Å². The molecule has 0 amide bonds. The third-order valence-corrected chi connectivity index (χ3v) is 2.93. The van der Waals surface area contributed by atoms with E-state index >= 15 is 0 Å². The predicted molar refractivity (Wildman–Crippen MR) is 66.6 cm³/mol. The predicted octanol–water partition coefficient (Wildman–Crippen LogP) is 1.55. The average molecular weight is 251 g/mol. The summed E-state index contributed by atoms with van der Waals surface area (Å²) in [5, 5.41) is 0.0560. The number of hydrogen-bond donors (Lipinski definition) is 1. The second-order valence-corrected chi connectivity index (χ2v) is 4.12. The topological polar surface area (TPSA) is 54.9 Å². The Kier molecular flexibility index (Phi) is 3.15. The summed E-state index contributed by atoms with van der Waals surface area (Å²) in [6, 6.07) is 9.27. The molecule has 0 bridgehead atoms. The van der Waals surface area contributed by atoms with Crippen molar-refractivity contribution < 1.29 is 0 Å². The third kappa shape index (κ3) is 2.31. The van der Waals surface area contributed by atoms with Crippen LogP contribution in [0.15, 0.2) is 39.9 Å². The summed E-state index contributed by atoms with van der Waals surface area (Å²) in [7, 11) is 0. The maximum atomic E-state index is 11.8. The molecule has 0 atom stereocenters. The summed E-state index contributed by atoms with van der Waals surface area (Å²) in [5.41, 5.74) is 0.364. The third-order valence-electron chi connectivity index (χ3n) is 2.49. The highest BCUT2D eigenvalue weighted by Crippen LogP contribution is 2.04. The van der Waals surface area contributed by atoms with E-state index in [2.05, 4.69) is 4.98 Å². The highest BCUT2D eigenvalue weighted by molar-refractivity contribution is 6.30. The van der Waals surface area contributed by atoms with Crippen LogP contribution in [-0.4, -0.2) is 9.55 Å². The average Bonchev–Trinajstić information content (AvgIpc) is 2.33. The number of hydrogen-bond acceptors (Lipinski definition) is 2. The molecule has 0 saturated heterocycles. The second kappa shape index (κ2) is 4.59. The van der Waals surface area contributed by atoms with Crippen LogP contribution < -0.4 is 11.2 Å². The Morgan fingerprint density at radius 3 is 2.53 bits per heavy atom. The van der Waals surface area contributed by atoms with Gasteiger partial charge in [0.25, 0.3) is 5.56 Å².